The lowest BCUT2D eigenvalue weighted by Gasteiger charge is -2.13. The van der Waals surface area contributed by atoms with Gasteiger partial charge in [-0.05, 0) is 13.0 Å². The average molecular weight is 316 g/mol. The zero-order chi connectivity index (χ0) is 17.3. The number of rotatable bonds is 3. The van der Waals surface area contributed by atoms with Gasteiger partial charge in [0.1, 0.15) is 17.5 Å². The molecule has 2 aromatic rings. The number of benzene rings is 1. The predicted molar refractivity (Wildman–Crippen MR) is 79.8 cm³/mol. The van der Waals surface area contributed by atoms with Crippen molar-refractivity contribution < 1.29 is 9.13 Å². The van der Waals surface area contributed by atoms with Crippen molar-refractivity contribution in [1.29, 1.82) is 5.26 Å². The van der Waals surface area contributed by atoms with Gasteiger partial charge in [0, 0.05) is 20.2 Å². The van der Waals surface area contributed by atoms with Crippen LogP contribution in [0.1, 0.15) is 12.5 Å². The third-order valence-corrected chi connectivity index (χ3v) is 3.27. The summed E-state index contributed by atoms with van der Waals surface area (Å²) in [5.41, 5.74) is -1.62. The molecule has 0 amide bonds. The van der Waals surface area contributed by atoms with Crippen LogP contribution in [0.3, 0.4) is 0 Å². The Morgan fingerprint density at radius 3 is 2.43 bits per heavy atom. The Morgan fingerprint density at radius 1 is 1.30 bits per heavy atom. The molecule has 1 aromatic heterocycles. The molecule has 0 N–H and O–H groups in total. The van der Waals surface area contributed by atoms with Gasteiger partial charge in [0.15, 0.2) is 11.9 Å². The first kappa shape index (κ1) is 16.1. The fourth-order valence-corrected chi connectivity index (χ4v) is 2.03. The van der Waals surface area contributed by atoms with Gasteiger partial charge in [0.05, 0.1) is 5.56 Å². The quantitative estimate of drug-likeness (QED) is 0.762. The van der Waals surface area contributed by atoms with Gasteiger partial charge in [0.25, 0.3) is 0 Å². The minimum atomic E-state index is -0.842. The summed E-state index contributed by atoms with van der Waals surface area (Å²) in [4.78, 5) is 23.9. The molecular formula is C15H13FN4O3. The molecule has 8 heteroatoms. The number of hydrogen-bond donors (Lipinski definition) is 0. The van der Waals surface area contributed by atoms with Crippen LogP contribution in [0, 0.1) is 29.5 Å². The molecule has 2 rings (SSSR count). The minimum absolute atomic E-state index is 0.0255. The maximum absolute atomic E-state index is 14.3. The van der Waals surface area contributed by atoms with Crippen molar-refractivity contribution in [1.82, 2.24) is 13.9 Å². The molecule has 0 radical (unpaired) electrons. The SMILES string of the molecule is C#CC(C)Oc1cc(-n2c(=O)n(C)c(=O)n2C)c(F)cc1C#N. The van der Waals surface area contributed by atoms with Gasteiger partial charge in [-0.2, -0.15) is 9.94 Å². The summed E-state index contributed by atoms with van der Waals surface area (Å²) in [6.07, 6.45) is 4.57. The number of terminal acetylenes is 1. The molecule has 0 saturated heterocycles. The fraction of sp³-hybridized carbons (Fsp3) is 0.267. The lowest BCUT2D eigenvalue weighted by Crippen LogP contribution is -2.25. The van der Waals surface area contributed by atoms with Crippen LogP contribution < -0.4 is 16.1 Å². The summed E-state index contributed by atoms with van der Waals surface area (Å²) in [6.45, 7) is 1.58. The first-order chi connectivity index (χ1) is 10.8. The van der Waals surface area contributed by atoms with Gasteiger partial charge in [-0.1, -0.05) is 5.92 Å². The van der Waals surface area contributed by atoms with Crippen molar-refractivity contribution in [3.63, 3.8) is 0 Å². The Labute approximate surface area is 130 Å². The van der Waals surface area contributed by atoms with Gasteiger partial charge in [-0.15, -0.1) is 6.42 Å². The molecule has 1 unspecified atom stereocenters. The van der Waals surface area contributed by atoms with Crippen LogP contribution in [0.15, 0.2) is 21.7 Å². The van der Waals surface area contributed by atoms with Crippen LogP contribution in [0.4, 0.5) is 4.39 Å². The highest BCUT2D eigenvalue weighted by Crippen LogP contribution is 2.25. The molecule has 1 heterocycles. The summed E-state index contributed by atoms with van der Waals surface area (Å²) in [6, 6.07) is 3.89. The van der Waals surface area contributed by atoms with Crippen molar-refractivity contribution in [2.24, 2.45) is 14.1 Å². The molecule has 0 aliphatic heterocycles. The van der Waals surface area contributed by atoms with Crippen molar-refractivity contribution in [3.05, 3.63) is 44.5 Å². The number of aromatic nitrogens is 3. The summed E-state index contributed by atoms with van der Waals surface area (Å²) < 4.78 is 22.3. The maximum atomic E-state index is 14.3. The lowest BCUT2D eigenvalue weighted by atomic mass is 10.2. The second kappa shape index (κ2) is 5.85. The van der Waals surface area contributed by atoms with Crippen molar-refractivity contribution in [2.45, 2.75) is 13.0 Å². The Morgan fingerprint density at radius 2 is 1.96 bits per heavy atom. The summed E-state index contributed by atoms with van der Waals surface area (Å²) >= 11 is 0. The van der Waals surface area contributed by atoms with Gasteiger partial charge in [-0.25, -0.2) is 23.2 Å². The van der Waals surface area contributed by atoms with E-state index < -0.39 is 23.3 Å². The smallest absolute Gasteiger partial charge is 0.351 e. The van der Waals surface area contributed by atoms with E-state index in [-0.39, 0.29) is 17.0 Å². The number of halogens is 1. The molecule has 1 atom stereocenters. The van der Waals surface area contributed by atoms with Gasteiger partial charge in [-0.3, -0.25) is 0 Å². The third-order valence-electron chi connectivity index (χ3n) is 3.27. The topological polar surface area (TPSA) is 81.9 Å². The Balaban J connectivity index is 2.75. The van der Waals surface area contributed by atoms with Gasteiger partial charge in [0.2, 0.25) is 0 Å². The van der Waals surface area contributed by atoms with Crippen LogP contribution in [-0.2, 0) is 14.1 Å². The van der Waals surface area contributed by atoms with E-state index in [0.29, 0.717) is 0 Å². The monoisotopic (exact) mass is 316 g/mol. The molecule has 0 aliphatic carbocycles. The first-order valence-corrected chi connectivity index (χ1v) is 6.53. The second-order valence-electron chi connectivity index (χ2n) is 4.80. The lowest BCUT2D eigenvalue weighted by molar-refractivity contribution is 0.277. The Hall–Kier alpha value is -3.26. The van der Waals surface area contributed by atoms with E-state index in [9.17, 15) is 14.0 Å². The second-order valence-corrected chi connectivity index (χ2v) is 4.80. The molecule has 23 heavy (non-hydrogen) atoms. The number of nitriles is 1. The van der Waals surface area contributed by atoms with Gasteiger partial charge < -0.3 is 4.74 Å². The molecule has 7 nitrogen and oxygen atoms in total. The summed E-state index contributed by atoms with van der Waals surface area (Å²) in [5, 5.41) is 9.07. The summed E-state index contributed by atoms with van der Waals surface area (Å²) in [5.74, 6) is 1.50. The third kappa shape index (κ3) is 2.62. The number of nitrogens with zero attached hydrogens (tertiary/aromatic N) is 4. The summed E-state index contributed by atoms with van der Waals surface area (Å²) in [7, 11) is 2.60. The zero-order valence-corrected chi connectivity index (χ0v) is 12.7. The van der Waals surface area contributed by atoms with E-state index in [1.54, 1.807) is 13.0 Å². The van der Waals surface area contributed by atoms with Crippen LogP contribution in [0.5, 0.6) is 5.75 Å². The fourth-order valence-electron chi connectivity index (χ4n) is 2.03. The molecule has 0 bridgehead atoms. The van der Waals surface area contributed by atoms with E-state index in [0.717, 1.165) is 20.0 Å². The van der Waals surface area contributed by atoms with E-state index in [4.69, 9.17) is 16.4 Å². The van der Waals surface area contributed by atoms with E-state index in [2.05, 4.69) is 5.92 Å². The van der Waals surface area contributed by atoms with E-state index in [1.165, 1.54) is 20.2 Å². The molecule has 118 valence electrons. The van der Waals surface area contributed by atoms with Crippen molar-refractivity contribution >= 4 is 0 Å². The highest BCUT2D eigenvalue weighted by atomic mass is 19.1. The number of hydrogen-bond acceptors (Lipinski definition) is 4. The number of ether oxygens (including phenoxy) is 1. The molecule has 0 aliphatic rings. The maximum Gasteiger partial charge on any atom is 0.351 e. The Kier molecular flexibility index (Phi) is 4.10. The molecule has 1 aromatic carbocycles. The average Bonchev–Trinajstić information content (AvgIpc) is 2.72. The molecule has 0 fully saturated rings. The van der Waals surface area contributed by atoms with Crippen LogP contribution in [0.2, 0.25) is 0 Å². The minimum Gasteiger partial charge on any atom is -0.477 e. The largest absolute Gasteiger partial charge is 0.477 e. The Bertz CT molecular complexity index is 969. The highest BCUT2D eigenvalue weighted by molar-refractivity contribution is 5.51. The van der Waals surface area contributed by atoms with Crippen LogP contribution in [0.25, 0.3) is 5.69 Å². The predicted octanol–water partition coefficient (Wildman–Crippen LogP) is 0.286. The zero-order valence-electron chi connectivity index (χ0n) is 12.7. The standard InChI is InChI=1S/C15H13FN4O3/c1-5-9(2)23-13-7-12(11(16)6-10(13)8-17)20-15(22)18(3)14(21)19(20)4/h1,6-7,9H,2-4H3. The van der Waals surface area contributed by atoms with Gasteiger partial charge >= 0.3 is 11.4 Å². The van der Waals surface area contributed by atoms with Crippen molar-refractivity contribution in [2.75, 3.05) is 0 Å². The van der Waals surface area contributed by atoms with E-state index >= 15 is 0 Å². The van der Waals surface area contributed by atoms with Crippen LogP contribution >= 0.6 is 0 Å². The molecular weight excluding hydrogens is 303 g/mol. The van der Waals surface area contributed by atoms with E-state index in [1.807, 2.05) is 0 Å². The van der Waals surface area contributed by atoms with Crippen LogP contribution in [-0.4, -0.2) is 20.0 Å². The molecule has 0 spiro atoms. The van der Waals surface area contributed by atoms with Crippen molar-refractivity contribution in [3.8, 4) is 29.8 Å². The highest BCUT2D eigenvalue weighted by Gasteiger charge is 2.19. The normalized spacial score (nSPS) is 11.6. The molecule has 0 saturated carbocycles. The first-order valence-electron chi connectivity index (χ1n) is 6.53.